The molecule has 0 unspecified atom stereocenters. The van der Waals surface area contributed by atoms with Gasteiger partial charge in [-0.3, -0.25) is 4.79 Å². The molecule has 4 heteroatoms. The maximum atomic E-state index is 12.3. The van der Waals surface area contributed by atoms with Gasteiger partial charge in [0.25, 0.3) is 5.91 Å². The van der Waals surface area contributed by atoms with E-state index in [1.807, 2.05) is 42.5 Å². The summed E-state index contributed by atoms with van der Waals surface area (Å²) in [5.74, 6) is -0.184. The molecule has 3 aromatic rings. The SMILES string of the molecule is O=C(c1ccc(Cl)c(/C=C/c2ccccc2)c1)n1cccn1. The summed E-state index contributed by atoms with van der Waals surface area (Å²) < 4.78 is 1.30. The summed E-state index contributed by atoms with van der Waals surface area (Å²) >= 11 is 6.21. The lowest BCUT2D eigenvalue weighted by molar-refractivity contribution is 0.0945. The van der Waals surface area contributed by atoms with E-state index in [9.17, 15) is 4.79 Å². The lowest BCUT2D eigenvalue weighted by atomic mass is 10.1. The fraction of sp³-hybridized carbons (Fsp3) is 0. The van der Waals surface area contributed by atoms with Crippen LogP contribution in [0.15, 0.2) is 67.0 Å². The predicted octanol–water partition coefficient (Wildman–Crippen LogP) is 4.40. The highest BCUT2D eigenvalue weighted by molar-refractivity contribution is 6.32. The van der Waals surface area contributed by atoms with Crippen LogP contribution < -0.4 is 0 Å². The molecule has 3 rings (SSSR count). The molecule has 1 heterocycles. The van der Waals surface area contributed by atoms with E-state index >= 15 is 0 Å². The van der Waals surface area contributed by atoms with Crippen molar-refractivity contribution in [3.8, 4) is 0 Å². The third-order valence-corrected chi connectivity index (χ3v) is 3.55. The van der Waals surface area contributed by atoms with E-state index in [4.69, 9.17) is 11.6 Å². The first-order chi connectivity index (χ1) is 10.7. The number of carbonyl (C=O) groups excluding carboxylic acids is 1. The maximum absolute atomic E-state index is 12.3. The Morgan fingerprint density at radius 3 is 2.59 bits per heavy atom. The fourth-order valence-corrected chi connectivity index (χ4v) is 2.26. The number of aromatic nitrogens is 2. The van der Waals surface area contributed by atoms with Crippen LogP contribution >= 0.6 is 11.6 Å². The molecule has 0 fully saturated rings. The molecule has 0 saturated heterocycles. The minimum absolute atomic E-state index is 0.184. The average Bonchev–Trinajstić information content (AvgIpc) is 3.09. The number of halogens is 1. The van der Waals surface area contributed by atoms with Crippen molar-refractivity contribution in [2.45, 2.75) is 0 Å². The zero-order valence-corrected chi connectivity index (χ0v) is 12.4. The monoisotopic (exact) mass is 308 g/mol. The fourth-order valence-electron chi connectivity index (χ4n) is 2.08. The molecule has 3 nitrogen and oxygen atoms in total. The van der Waals surface area contributed by atoms with Gasteiger partial charge in [0, 0.05) is 23.0 Å². The first kappa shape index (κ1) is 14.3. The van der Waals surface area contributed by atoms with E-state index < -0.39 is 0 Å². The van der Waals surface area contributed by atoms with Gasteiger partial charge in [0.1, 0.15) is 0 Å². The highest BCUT2D eigenvalue weighted by atomic mass is 35.5. The molecule has 0 spiro atoms. The van der Waals surface area contributed by atoms with Gasteiger partial charge in [0.2, 0.25) is 0 Å². The molecule has 0 atom stereocenters. The maximum Gasteiger partial charge on any atom is 0.278 e. The Hall–Kier alpha value is -2.65. The Kier molecular flexibility index (Phi) is 4.17. The lowest BCUT2D eigenvalue weighted by Crippen LogP contribution is -2.12. The number of carbonyl (C=O) groups is 1. The van der Waals surface area contributed by atoms with Crippen LogP contribution in [0.4, 0.5) is 0 Å². The third-order valence-electron chi connectivity index (χ3n) is 3.21. The molecule has 108 valence electrons. The van der Waals surface area contributed by atoms with Crippen LogP contribution in [0.3, 0.4) is 0 Å². The first-order valence-electron chi connectivity index (χ1n) is 6.81. The first-order valence-corrected chi connectivity index (χ1v) is 7.19. The Morgan fingerprint density at radius 2 is 1.86 bits per heavy atom. The largest absolute Gasteiger partial charge is 0.278 e. The van der Waals surface area contributed by atoms with Crippen LogP contribution in [0, 0.1) is 0 Å². The van der Waals surface area contributed by atoms with Gasteiger partial charge in [0.05, 0.1) is 0 Å². The number of rotatable bonds is 3. The quantitative estimate of drug-likeness (QED) is 0.672. The number of hydrogen-bond donors (Lipinski definition) is 0. The van der Waals surface area contributed by atoms with Crippen LogP contribution in [0.25, 0.3) is 12.2 Å². The van der Waals surface area contributed by atoms with E-state index in [-0.39, 0.29) is 5.91 Å². The van der Waals surface area contributed by atoms with Crippen molar-refractivity contribution in [2.24, 2.45) is 0 Å². The molecule has 0 aliphatic heterocycles. The zero-order valence-electron chi connectivity index (χ0n) is 11.7. The van der Waals surface area contributed by atoms with Crippen molar-refractivity contribution >= 4 is 29.7 Å². The normalized spacial score (nSPS) is 11.0. The van der Waals surface area contributed by atoms with Crippen LogP contribution in [-0.2, 0) is 0 Å². The predicted molar refractivity (Wildman–Crippen MR) is 88.8 cm³/mol. The summed E-state index contributed by atoms with van der Waals surface area (Å²) in [6, 6.07) is 16.8. The van der Waals surface area contributed by atoms with Crippen LogP contribution in [0.1, 0.15) is 21.5 Å². The standard InChI is InChI=1S/C18H13ClN2O/c19-17-10-9-16(18(22)21-12-4-11-20-21)13-15(17)8-7-14-5-2-1-3-6-14/h1-13H/b8-7+. The minimum atomic E-state index is -0.184. The van der Waals surface area contributed by atoms with Crippen molar-refractivity contribution in [1.29, 1.82) is 0 Å². The molecular weight excluding hydrogens is 296 g/mol. The Morgan fingerprint density at radius 1 is 1.05 bits per heavy atom. The minimum Gasteiger partial charge on any atom is -0.267 e. The molecule has 2 aromatic carbocycles. The summed E-state index contributed by atoms with van der Waals surface area (Å²) in [6.07, 6.45) is 7.06. The van der Waals surface area contributed by atoms with Crippen LogP contribution in [0.5, 0.6) is 0 Å². The van der Waals surface area contributed by atoms with E-state index in [0.717, 1.165) is 11.1 Å². The molecule has 0 amide bonds. The highest BCUT2D eigenvalue weighted by Gasteiger charge is 2.10. The molecule has 0 radical (unpaired) electrons. The summed E-state index contributed by atoms with van der Waals surface area (Å²) in [5, 5.41) is 4.56. The van der Waals surface area contributed by atoms with E-state index in [0.29, 0.717) is 10.6 Å². The summed E-state index contributed by atoms with van der Waals surface area (Å²) in [6.45, 7) is 0. The Bertz CT molecular complexity index is 808. The lowest BCUT2D eigenvalue weighted by Gasteiger charge is -2.04. The second-order valence-corrected chi connectivity index (χ2v) is 5.14. The molecule has 22 heavy (non-hydrogen) atoms. The van der Waals surface area contributed by atoms with Crippen LogP contribution in [0.2, 0.25) is 5.02 Å². The smallest absolute Gasteiger partial charge is 0.267 e. The van der Waals surface area contributed by atoms with Gasteiger partial charge in [-0.05, 0) is 35.4 Å². The van der Waals surface area contributed by atoms with Crippen molar-refractivity contribution in [3.63, 3.8) is 0 Å². The molecule has 0 saturated carbocycles. The number of nitrogens with zero attached hydrogens (tertiary/aromatic N) is 2. The van der Waals surface area contributed by atoms with Crippen molar-refractivity contribution < 1.29 is 4.79 Å². The van der Waals surface area contributed by atoms with Gasteiger partial charge in [-0.15, -0.1) is 0 Å². The second kappa shape index (κ2) is 6.41. The molecule has 0 N–H and O–H groups in total. The van der Waals surface area contributed by atoms with Gasteiger partial charge in [-0.1, -0.05) is 54.1 Å². The van der Waals surface area contributed by atoms with E-state index in [2.05, 4.69) is 5.10 Å². The van der Waals surface area contributed by atoms with Gasteiger partial charge >= 0.3 is 0 Å². The van der Waals surface area contributed by atoms with Crippen molar-refractivity contribution in [2.75, 3.05) is 0 Å². The summed E-state index contributed by atoms with van der Waals surface area (Å²) in [7, 11) is 0. The molecular formula is C18H13ClN2O. The molecule has 0 bridgehead atoms. The Labute approximate surface area is 133 Å². The van der Waals surface area contributed by atoms with E-state index in [1.54, 1.807) is 36.7 Å². The topological polar surface area (TPSA) is 34.9 Å². The van der Waals surface area contributed by atoms with Gasteiger partial charge < -0.3 is 0 Å². The summed E-state index contributed by atoms with van der Waals surface area (Å²) in [5.41, 5.74) is 2.41. The third kappa shape index (κ3) is 3.15. The van der Waals surface area contributed by atoms with Crippen LogP contribution in [-0.4, -0.2) is 15.7 Å². The highest BCUT2D eigenvalue weighted by Crippen LogP contribution is 2.21. The molecule has 0 aliphatic rings. The number of benzene rings is 2. The van der Waals surface area contributed by atoms with Gasteiger partial charge in [0.15, 0.2) is 0 Å². The summed E-state index contributed by atoms with van der Waals surface area (Å²) in [4.78, 5) is 12.3. The van der Waals surface area contributed by atoms with Gasteiger partial charge in [-0.2, -0.15) is 5.10 Å². The number of hydrogen-bond acceptors (Lipinski definition) is 2. The Balaban J connectivity index is 1.90. The molecule has 1 aromatic heterocycles. The van der Waals surface area contributed by atoms with Crippen molar-refractivity contribution in [1.82, 2.24) is 9.78 Å². The molecule has 0 aliphatic carbocycles. The zero-order chi connectivity index (χ0) is 15.4. The second-order valence-electron chi connectivity index (χ2n) is 4.74. The van der Waals surface area contributed by atoms with Crippen molar-refractivity contribution in [3.05, 3.63) is 88.7 Å². The average molecular weight is 309 g/mol. The van der Waals surface area contributed by atoms with Gasteiger partial charge in [-0.25, -0.2) is 4.68 Å². The van der Waals surface area contributed by atoms with E-state index in [1.165, 1.54) is 4.68 Å².